The van der Waals surface area contributed by atoms with Gasteiger partial charge in [-0.2, -0.15) is 0 Å². The molecule has 3 aromatic carbocycles. The van der Waals surface area contributed by atoms with Gasteiger partial charge in [-0.05, 0) is 64.2 Å². The molecule has 6 heteroatoms. The molecule has 4 rings (SSSR count). The number of ether oxygens (including phenoxy) is 1. The standard InChI is InChI=1S/C23H21NO3S2/c1-27-19-10-11-21-22(13-16-6-5-8-18(12-16)24-29(2,25)26)20-9-4-3-7-17(20)15-28-23(21)14-19/h3-14,24H,15H2,1-2H3. The fraction of sp³-hybridized carbons (Fsp3) is 0.130. The van der Waals surface area contributed by atoms with E-state index in [1.54, 1.807) is 24.9 Å². The Morgan fingerprint density at radius 3 is 2.62 bits per heavy atom. The van der Waals surface area contributed by atoms with Crippen LogP contribution in [-0.2, 0) is 15.8 Å². The second kappa shape index (κ2) is 7.97. The molecular weight excluding hydrogens is 402 g/mol. The zero-order valence-electron chi connectivity index (χ0n) is 16.2. The molecule has 0 saturated carbocycles. The number of anilines is 1. The van der Waals surface area contributed by atoms with Crippen LogP contribution in [0.4, 0.5) is 5.69 Å². The third-order valence-corrected chi connectivity index (χ3v) is 6.38. The zero-order chi connectivity index (χ0) is 20.4. The molecule has 3 aromatic rings. The minimum absolute atomic E-state index is 0.549. The van der Waals surface area contributed by atoms with Crippen molar-refractivity contribution < 1.29 is 13.2 Å². The van der Waals surface area contributed by atoms with Crippen molar-refractivity contribution in [2.24, 2.45) is 0 Å². The van der Waals surface area contributed by atoms with Crippen LogP contribution < -0.4 is 9.46 Å². The van der Waals surface area contributed by atoms with Gasteiger partial charge in [0.2, 0.25) is 10.0 Å². The van der Waals surface area contributed by atoms with E-state index in [-0.39, 0.29) is 0 Å². The third-order valence-electron chi connectivity index (χ3n) is 4.67. The van der Waals surface area contributed by atoms with Gasteiger partial charge in [-0.3, -0.25) is 4.72 Å². The molecule has 1 N–H and O–H groups in total. The number of benzene rings is 3. The first-order chi connectivity index (χ1) is 13.9. The molecule has 0 amide bonds. The summed E-state index contributed by atoms with van der Waals surface area (Å²) in [6.45, 7) is 0. The minimum Gasteiger partial charge on any atom is -0.497 e. The normalized spacial score (nSPS) is 14.6. The highest BCUT2D eigenvalue weighted by atomic mass is 32.2. The Labute approximate surface area is 175 Å². The van der Waals surface area contributed by atoms with Crippen LogP contribution in [-0.4, -0.2) is 21.8 Å². The van der Waals surface area contributed by atoms with Crippen molar-refractivity contribution >= 4 is 39.1 Å². The summed E-state index contributed by atoms with van der Waals surface area (Å²) in [5, 5.41) is 0. The first kappa shape index (κ1) is 19.6. The summed E-state index contributed by atoms with van der Waals surface area (Å²) < 4.78 is 31.2. The van der Waals surface area contributed by atoms with E-state index in [4.69, 9.17) is 4.74 Å². The van der Waals surface area contributed by atoms with Crippen molar-refractivity contribution in [3.05, 3.63) is 89.0 Å². The van der Waals surface area contributed by atoms with Gasteiger partial charge in [0.1, 0.15) is 5.75 Å². The Hall–Kier alpha value is -2.70. The minimum atomic E-state index is -3.33. The van der Waals surface area contributed by atoms with Gasteiger partial charge in [0.25, 0.3) is 0 Å². The van der Waals surface area contributed by atoms with E-state index < -0.39 is 10.0 Å². The maximum Gasteiger partial charge on any atom is 0.229 e. The number of hydrogen-bond acceptors (Lipinski definition) is 4. The second-order valence-corrected chi connectivity index (χ2v) is 9.63. The molecule has 0 saturated heterocycles. The first-order valence-electron chi connectivity index (χ1n) is 9.12. The first-order valence-corrected chi connectivity index (χ1v) is 12.0. The van der Waals surface area contributed by atoms with E-state index in [2.05, 4.69) is 41.1 Å². The van der Waals surface area contributed by atoms with Crippen molar-refractivity contribution in [2.45, 2.75) is 10.6 Å². The van der Waals surface area contributed by atoms with Crippen LogP contribution in [0.15, 0.2) is 71.6 Å². The van der Waals surface area contributed by atoms with E-state index in [0.29, 0.717) is 5.69 Å². The molecule has 0 aromatic heterocycles. The number of hydrogen-bond donors (Lipinski definition) is 1. The fourth-order valence-corrected chi connectivity index (χ4v) is 5.06. The maximum absolute atomic E-state index is 11.6. The molecule has 1 heterocycles. The second-order valence-electron chi connectivity index (χ2n) is 6.87. The van der Waals surface area contributed by atoms with Crippen molar-refractivity contribution in [2.75, 3.05) is 18.1 Å². The van der Waals surface area contributed by atoms with Crippen LogP contribution in [0.25, 0.3) is 11.6 Å². The van der Waals surface area contributed by atoms with E-state index in [0.717, 1.165) is 39.4 Å². The highest BCUT2D eigenvalue weighted by Gasteiger charge is 2.19. The highest BCUT2D eigenvalue weighted by Crippen LogP contribution is 2.42. The molecule has 0 unspecified atom stereocenters. The number of nitrogens with one attached hydrogen (secondary N) is 1. The monoisotopic (exact) mass is 423 g/mol. The SMILES string of the molecule is COc1ccc2c(c1)SCc1ccccc1C2=Cc1cccc(NS(C)(=O)=O)c1. The Morgan fingerprint density at radius 2 is 1.83 bits per heavy atom. The van der Waals surface area contributed by atoms with Gasteiger partial charge in [0.15, 0.2) is 0 Å². The maximum atomic E-state index is 11.6. The molecule has 0 fully saturated rings. The summed E-state index contributed by atoms with van der Waals surface area (Å²) >= 11 is 1.79. The summed E-state index contributed by atoms with van der Waals surface area (Å²) in [4.78, 5) is 1.16. The number of sulfonamides is 1. The molecule has 1 aliphatic rings. The van der Waals surface area contributed by atoms with Gasteiger partial charge in [-0.1, -0.05) is 36.4 Å². The predicted molar refractivity (Wildman–Crippen MR) is 121 cm³/mol. The number of rotatable bonds is 4. The van der Waals surface area contributed by atoms with Crippen LogP contribution in [0, 0.1) is 0 Å². The Balaban J connectivity index is 1.87. The quantitative estimate of drug-likeness (QED) is 0.622. The summed E-state index contributed by atoms with van der Waals surface area (Å²) in [7, 11) is -1.65. The van der Waals surface area contributed by atoms with Crippen molar-refractivity contribution in [1.29, 1.82) is 0 Å². The summed E-state index contributed by atoms with van der Waals surface area (Å²) in [5.41, 5.74) is 6.18. The largest absolute Gasteiger partial charge is 0.497 e. The molecular formula is C23H21NO3S2. The van der Waals surface area contributed by atoms with E-state index >= 15 is 0 Å². The molecule has 148 valence electrons. The van der Waals surface area contributed by atoms with Gasteiger partial charge < -0.3 is 4.74 Å². The molecule has 0 radical (unpaired) electrons. The Bertz CT molecular complexity index is 1200. The van der Waals surface area contributed by atoms with E-state index in [1.807, 2.05) is 30.3 Å². The van der Waals surface area contributed by atoms with Gasteiger partial charge in [-0.25, -0.2) is 8.42 Å². The molecule has 0 aliphatic carbocycles. The lowest BCUT2D eigenvalue weighted by Crippen LogP contribution is -2.09. The molecule has 0 atom stereocenters. The van der Waals surface area contributed by atoms with Gasteiger partial charge >= 0.3 is 0 Å². The van der Waals surface area contributed by atoms with Crippen LogP contribution in [0.2, 0.25) is 0 Å². The summed E-state index contributed by atoms with van der Waals surface area (Å²) in [6.07, 6.45) is 3.27. The smallest absolute Gasteiger partial charge is 0.229 e. The Morgan fingerprint density at radius 1 is 1.00 bits per heavy atom. The molecule has 0 bridgehead atoms. The van der Waals surface area contributed by atoms with Crippen LogP contribution in [0.5, 0.6) is 5.75 Å². The third kappa shape index (κ3) is 4.49. The average Bonchev–Trinajstić information content (AvgIpc) is 2.84. The summed E-state index contributed by atoms with van der Waals surface area (Å²) in [5.74, 6) is 1.71. The summed E-state index contributed by atoms with van der Waals surface area (Å²) in [6, 6.07) is 22.0. The van der Waals surface area contributed by atoms with Crippen molar-refractivity contribution in [1.82, 2.24) is 0 Å². The van der Waals surface area contributed by atoms with Crippen LogP contribution in [0.3, 0.4) is 0 Å². The zero-order valence-corrected chi connectivity index (χ0v) is 17.8. The average molecular weight is 424 g/mol. The number of methoxy groups -OCH3 is 1. The van der Waals surface area contributed by atoms with E-state index in [9.17, 15) is 8.42 Å². The number of thioether (sulfide) groups is 1. The van der Waals surface area contributed by atoms with Gasteiger partial charge in [-0.15, -0.1) is 11.8 Å². The lowest BCUT2D eigenvalue weighted by atomic mass is 9.92. The predicted octanol–water partition coefficient (Wildman–Crippen LogP) is 5.26. The molecule has 1 aliphatic heterocycles. The van der Waals surface area contributed by atoms with E-state index in [1.165, 1.54) is 11.1 Å². The topological polar surface area (TPSA) is 55.4 Å². The highest BCUT2D eigenvalue weighted by molar-refractivity contribution is 7.98. The number of fused-ring (bicyclic) bond motifs is 2. The Kier molecular flexibility index (Phi) is 5.39. The van der Waals surface area contributed by atoms with Crippen LogP contribution in [0.1, 0.15) is 22.3 Å². The lowest BCUT2D eigenvalue weighted by Gasteiger charge is -2.13. The molecule has 0 spiro atoms. The van der Waals surface area contributed by atoms with Gasteiger partial charge in [0, 0.05) is 16.3 Å². The van der Waals surface area contributed by atoms with Crippen LogP contribution >= 0.6 is 11.8 Å². The lowest BCUT2D eigenvalue weighted by molar-refractivity contribution is 0.413. The fourth-order valence-electron chi connectivity index (χ4n) is 3.41. The van der Waals surface area contributed by atoms with Crippen molar-refractivity contribution in [3.63, 3.8) is 0 Å². The molecule has 4 nitrogen and oxygen atoms in total. The van der Waals surface area contributed by atoms with Crippen molar-refractivity contribution in [3.8, 4) is 5.75 Å². The van der Waals surface area contributed by atoms with Gasteiger partial charge in [0.05, 0.1) is 13.4 Å². The molecule has 29 heavy (non-hydrogen) atoms.